The lowest BCUT2D eigenvalue weighted by molar-refractivity contribution is 0.517. The van der Waals surface area contributed by atoms with Crippen molar-refractivity contribution in [1.82, 2.24) is 0 Å². The van der Waals surface area contributed by atoms with Crippen molar-refractivity contribution in [3.05, 3.63) is 0 Å². The molecule has 0 unspecified atom stereocenters. The third kappa shape index (κ3) is 7.51. The first-order chi connectivity index (χ1) is 6.68. The Morgan fingerprint density at radius 3 is 1.21 bits per heavy atom. The van der Waals surface area contributed by atoms with Crippen LogP contribution in [0.3, 0.4) is 0 Å². The maximum atomic E-state index is 10.4. The van der Waals surface area contributed by atoms with Crippen LogP contribution in [0.2, 0.25) is 18.1 Å². The van der Waals surface area contributed by atoms with E-state index in [0.29, 0.717) is 0 Å². The van der Waals surface area contributed by atoms with Gasteiger partial charge in [0.2, 0.25) is 0 Å². The van der Waals surface area contributed by atoms with E-state index in [2.05, 4.69) is 37.9 Å². The van der Waals surface area contributed by atoms with Gasteiger partial charge in [-0.05, 0) is 54.7 Å². The summed E-state index contributed by atoms with van der Waals surface area (Å²) in [5.74, 6) is 2.66. The van der Waals surface area contributed by atoms with E-state index in [1.807, 2.05) is 0 Å². The average molecular weight is 271 g/mol. The van der Waals surface area contributed by atoms with Crippen LogP contribution in [-0.4, -0.2) is 30.4 Å². The zero-order valence-electron chi connectivity index (χ0n) is 8.65. The van der Waals surface area contributed by atoms with E-state index in [1.165, 1.54) is 0 Å². The van der Waals surface area contributed by atoms with E-state index in [9.17, 15) is 4.80 Å². The molecule has 0 fully saturated rings. The summed E-state index contributed by atoms with van der Waals surface area (Å²) in [5, 5.41) is 0. The first-order valence-corrected chi connectivity index (χ1v) is 9.70. The molecule has 0 aliphatic heterocycles. The molecular formula is C9H22OS3Si. The molecule has 0 aliphatic carbocycles. The number of hydrogen-bond acceptors (Lipinski definition) is 4. The molecule has 0 atom stereocenters. The van der Waals surface area contributed by atoms with E-state index in [0.717, 1.165) is 54.7 Å². The van der Waals surface area contributed by atoms with E-state index >= 15 is 0 Å². The molecule has 0 saturated heterocycles. The molecule has 0 aromatic carbocycles. The minimum atomic E-state index is -1.96. The fourth-order valence-corrected chi connectivity index (χ4v) is 6.22. The van der Waals surface area contributed by atoms with Crippen LogP contribution in [0.25, 0.3) is 0 Å². The SMILES string of the molecule is O[Si](CCCS)(CCCS)CCCS. The van der Waals surface area contributed by atoms with Crippen LogP contribution in [0.4, 0.5) is 0 Å². The Bertz CT molecular complexity index is 113. The Kier molecular flexibility index (Phi) is 10.3. The second-order valence-electron chi connectivity index (χ2n) is 3.71. The summed E-state index contributed by atoms with van der Waals surface area (Å²) >= 11 is 12.6. The lowest BCUT2D eigenvalue weighted by atomic mass is 10.5. The second kappa shape index (κ2) is 9.45. The van der Waals surface area contributed by atoms with E-state index < -0.39 is 8.32 Å². The summed E-state index contributed by atoms with van der Waals surface area (Å²) in [7, 11) is -1.96. The zero-order valence-corrected chi connectivity index (χ0v) is 12.3. The molecule has 0 rings (SSSR count). The van der Waals surface area contributed by atoms with Crippen molar-refractivity contribution >= 4 is 46.2 Å². The van der Waals surface area contributed by atoms with Crippen LogP contribution in [0.1, 0.15) is 19.3 Å². The van der Waals surface area contributed by atoms with E-state index in [1.54, 1.807) is 0 Å². The predicted octanol–water partition coefficient (Wildman–Crippen LogP) is 2.88. The van der Waals surface area contributed by atoms with Gasteiger partial charge in [-0.1, -0.05) is 0 Å². The van der Waals surface area contributed by atoms with Crippen LogP contribution < -0.4 is 0 Å². The van der Waals surface area contributed by atoms with Gasteiger partial charge in [-0.3, -0.25) is 0 Å². The van der Waals surface area contributed by atoms with Crippen molar-refractivity contribution < 1.29 is 4.80 Å². The molecule has 0 heterocycles. The number of thiol groups is 3. The molecule has 0 aromatic rings. The highest BCUT2D eigenvalue weighted by atomic mass is 32.1. The third-order valence-corrected chi connectivity index (χ3v) is 7.20. The molecule has 0 aromatic heterocycles. The van der Waals surface area contributed by atoms with Gasteiger partial charge in [0.25, 0.3) is 0 Å². The van der Waals surface area contributed by atoms with Crippen molar-refractivity contribution in [2.75, 3.05) is 17.3 Å². The quantitative estimate of drug-likeness (QED) is 0.375. The molecule has 0 radical (unpaired) electrons. The van der Waals surface area contributed by atoms with Gasteiger partial charge < -0.3 is 4.80 Å². The maximum Gasteiger partial charge on any atom is 0.188 e. The molecule has 1 N–H and O–H groups in total. The normalized spacial score (nSPS) is 12.0. The van der Waals surface area contributed by atoms with Gasteiger partial charge in [0.1, 0.15) is 0 Å². The molecule has 0 spiro atoms. The average Bonchev–Trinajstić information content (AvgIpc) is 2.21. The molecule has 1 nitrogen and oxygen atoms in total. The second-order valence-corrected chi connectivity index (χ2v) is 9.00. The van der Waals surface area contributed by atoms with Gasteiger partial charge in [0.05, 0.1) is 0 Å². The highest BCUT2D eigenvalue weighted by Crippen LogP contribution is 2.23. The monoisotopic (exact) mass is 270 g/mol. The first kappa shape index (κ1) is 15.2. The Morgan fingerprint density at radius 2 is 1.00 bits per heavy atom. The van der Waals surface area contributed by atoms with Gasteiger partial charge in [-0.15, -0.1) is 0 Å². The van der Waals surface area contributed by atoms with Crippen LogP contribution >= 0.6 is 37.9 Å². The van der Waals surface area contributed by atoms with E-state index in [-0.39, 0.29) is 0 Å². The zero-order chi connectivity index (χ0) is 10.9. The van der Waals surface area contributed by atoms with Gasteiger partial charge in [0.15, 0.2) is 8.32 Å². The summed E-state index contributed by atoms with van der Waals surface area (Å²) in [6.07, 6.45) is 3.14. The van der Waals surface area contributed by atoms with Crippen molar-refractivity contribution in [1.29, 1.82) is 0 Å². The fraction of sp³-hybridized carbons (Fsp3) is 1.00. The molecule has 5 heteroatoms. The van der Waals surface area contributed by atoms with E-state index in [4.69, 9.17) is 0 Å². The Balaban J connectivity index is 3.89. The van der Waals surface area contributed by atoms with Gasteiger partial charge in [-0.2, -0.15) is 37.9 Å². The lowest BCUT2D eigenvalue weighted by Crippen LogP contribution is -2.34. The molecular weight excluding hydrogens is 248 g/mol. The minimum Gasteiger partial charge on any atom is -0.432 e. The number of rotatable bonds is 9. The molecule has 0 saturated carbocycles. The molecule has 0 aliphatic rings. The smallest absolute Gasteiger partial charge is 0.188 e. The Labute approximate surface area is 105 Å². The third-order valence-electron chi connectivity index (χ3n) is 2.40. The topological polar surface area (TPSA) is 20.2 Å². The van der Waals surface area contributed by atoms with Gasteiger partial charge >= 0.3 is 0 Å². The summed E-state index contributed by atoms with van der Waals surface area (Å²) in [4.78, 5) is 10.4. The van der Waals surface area contributed by atoms with Crippen molar-refractivity contribution in [3.8, 4) is 0 Å². The largest absolute Gasteiger partial charge is 0.432 e. The molecule has 86 valence electrons. The van der Waals surface area contributed by atoms with Gasteiger partial charge in [-0.25, -0.2) is 0 Å². The van der Waals surface area contributed by atoms with Gasteiger partial charge in [0, 0.05) is 0 Å². The molecule has 14 heavy (non-hydrogen) atoms. The van der Waals surface area contributed by atoms with Crippen LogP contribution in [0, 0.1) is 0 Å². The fourth-order valence-electron chi connectivity index (χ4n) is 1.60. The van der Waals surface area contributed by atoms with Crippen LogP contribution in [0.5, 0.6) is 0 Å². The van der Waals surface area contributed by atoms with Crippen molar-refractivity contribution in [3.63, 3.8) is 0 Å². The molecule has 0 amide bonds. The van der Waals surface area contributed by atoms with Crippen LogP contribution in [-0.2, 0) is 0 Å². The Morgan fingerprint density at radius 1 is 0.714 bits per heavy atom. The maximum absolute atomic E-state index is 10.4. The lowest BCUT2D eigenvalue weighted by Gasteiger charge is -2.24. The standard InChI is InChI=1S/C9H22OS3Si/c10-14(7-1-4-11,8-2-5-12)9-3-6-13/h10-13H,1-9H2. The van der Waals surface area contributed by atoms with Crippen LogP contribution in [0.15, 0.2) is 0 Å². The van der Waals surface area contributed by atoms with Crippen molar-refractivity contribution in [2.24, 2.45) is 0 Å². The summed E-state index contributed by atoms with van der Waals surface area (Å²) < 4.78 is 0. The highest BCUT2D eigenvalue weighted by Gasteiger charge is 2.28. The Hall–Kier alpha value is 1.23. The minimum absolute atomic E-state index is 0.886. The predicted molar refractivity (Wildman–Crippen MR) is 77.8 cm³/mol. The number of hydrogen-bond donors (Lipinski definition) is 4. The highest BCUT2D eigenvalue weighted by molar-refractivity contribution is 7.80. The summed E-state index contributed by atoms with van der Waals surface area (Å²) in [6.45, 7) is 0. The molecule has 0 bridgehead atoms. The summed E-state index contributed by atoms with van der Waals surface area (Å²) in [5.41, 5.74) is 0. The first-order valence-electron chi connectivity index (χ1n) is 5.23. The van der Waals surface area contributed by atoms with Crippen molar-refractivity contribution in [2.45, 2.75) is 37.4 Å². The summed E-state index contributed by atoms with van der Waals surface area (Å²) in [6, 6.07) is 2.99.